The van der Waals surface area contributed by atoms with Gasteiger partial charge in [-0.15, -0.1) is 10.2 Å². The first kappa shape index (κ1) is 19.5. The highest BCUT2D eigenvalue weighted by molar-refractivity contribution is 6.30. The number of pyridine rings is 1. The zero-order valence-corrected chi connectivity index (χ0v) is 17.5. The Balaban J connectivity index is 1.39. The van der Waals surface area contributed by atoms with Gasteiger partial charge >= 0.3 is 0 Å². The van der Waals surface area contributed by atoms with Crippen molar-refractivity contribution in [2.24, 2.45) is 5.92 Å². The molecule has 156 valence electrons. The molecule has 1 atom stereocenters. The molecular weight excluding hydrogens is 400 g/mol. The number of fused-ring (bicyclic) bond motifs is 3. The van der Waals surface area contributed by atoms with E-state index in [0.29, 0.717) is 18.2 Å². The number of aliphatic hydroxyl groups is 1. The van der Waals surface area contributed by atoms with Gasteiger partial charge in [0.25, 0.3) is 0 Å². The second kappa shape index (κ2) is 8.36. The van der Waals surface area contributed by atoms with Crippen LogP contribution in [0.4, 0.5) is 0 Å². The normalized spacial score (nSPS) is 23.3. The van der Waals surface area contributed by atoms with Crippen molar-refractivity contribution in [3.8, 4) is 11.6 Å². The van der Waals surface area contributed by atoms with Crippen LogP contribution in [0.1, 0.15) is 48.8 Å². The maximum atomic E-state index is 9.83. The van der Waals surface area contributed by atoms with E-state index in [4.69, 9.17) is 16.3 Å². The molecule has 0 spiro atoms. The topological polar surface area (TPSA) is 73.1 Å². The Morgan fingerprint density at radius 3 is 2.70 bits per heavy atom. The number of aliphatic hydroxyl groups excluding tert-OH is 1. The lowest BCUT2D eigenvalue weighted by Crippen LogP contribution is -2.25. The second-order valence-electron chi connectivity index (χ2n) is 8.30. The number of nitrogens with zero attached hydrogens (tertiary/aromatic N) is 4. The number of benzene rings is 1. The quantitative estimate of drug-likeness (QED) is 0.681. The fraction of sp³-hybridized carbons (Fsp3) is 0.435. The monoisotopic (exact) mass is 424 g/mol. The predicted octanol–water partition coefficient (Wildman–Crippen LogP) is 4.13. The van der Waals surface area contributed by atoms with Crippen LogP contribution in [0.3, 0.4) is 0 Å². The van der Waals surface area contributed by atoms with Crippen LogP contribution in [0, 0.1) is 5.92 Å². The zero-order chi connectivity index (χ0) is 20.5. The van der Waals surface area contributed by atoms with Crippen LogP contribution in [0.5, 0.6) is 5.88 Å². The fourth-order valence-electron chi connectivity index (χ4n) is 4.72. The Hall–Kier alpha value is -2.44. The maximum absolute atomic E-state index is 9.83. The highest BCUT2D eigenvalue weighted by atomic mass is 35.5. The summed E-state index contributed by atoms with van der Waals surface area (Å²) in [4.78, 5) is 4.28. The molecule has 3 aromatic rings. The third kappa shape index (κ3) is 3.82. The Morgan fingerprint density at radius 1 is 1.07 bits per heavy atom. The Morgan fingerprint density at radius 2 is 1.93 bits per heavy atom. The van der Waals surface area contributed by atoms with E-state index in [0.717, 1.165) is 60.0 Å². The summed E-state index contributed by atoms with van der Waals surface area (Å²) in [6.45, 7) is 0.129. The molecule has 7 heteroatoms. The predicted molar refractivity (Wildman–Crippen MR) is 114 cm³/mol. The van der Waals surface area contributed by atoms with Crippen molar-refractivity contribution in [2.75, 3.05) is 6.61 Å². The van der Waals surface area contributed by atoms with Crippen molar-refractivity contribution in [3.63, 3.8) is 0 Å². The van der Waals surface area contributed by atoms with Gasteiger partial charge in [-0.3, -0.25) is 4.57 Å². The molecule has 2 aromatic heterocycles. The molecule has 0 bridgehead atoms. The van der Waals surface area contributed by atoms with Gasteiger partial charge in [-0.1, -0.05) is 17.7 Å². The van der Waals surface area contributed by atoms with Crippen LogP contribution < -0.4 is 4.74 Å². The fourth-order valence-corrected chi connectivity index (χ4v) is 4.92. The van der Waals surface area contributed by atoms with Crippen molar-refractivity contribution in [1.29, 1.82) is 0 Å². The molecule has 1 aliphatic heterocycles. The Labute approximate surface area is 180 Å². The van der Waals surface area contributed by atoms with Crippen molar-refractivity contribution in [3.05, 3.63) is 64.8 Å². The van der Waals surface area contributed by atoms with E-state index in [1.54, 1.807) is 6.20 Å². The van der Waals surface area contributed by atoms with Crippen molar-refractivity contribution in [1.82, 2.24) is 19.7 Å². The molecule has 30 heavy (non-hydrogen) atoms. The first-order chi connectivity index (χ1) is 14.7. The highest BCUT2D eigenvalue weighted by Crippen LogP contribution is 2.37. The van der Waals surface area contributed by atoms with Crippen LogP contribution in [0.25, 0.3) is 5.69 Å². The summed E-state index contributed by atoms with van der Waals surface area (Å²) >= 11 is 6.27. The van der Waals surface area contributed by atoms with Crippen LogP contribution in [-0.2, 0) is 12.8 Å². The molecule has 0 unspecified atom stereocenters. The Kier molecular flexibility index (Phi) is 5.44. The summed E-state index contributed by atoms with van der Waals surface area (Å²) in [5.74, 6) is 3.10. The smallest absolute Gasteiger partial charge is 0.213 e. The summed E-state index contributed by atoms with van der Waals surface area (Å²) in [6, 6.07) is 11.7. The second-order valence-corrected chi connectivity index (χ2v) is 8.74. The molecule has 1 aliphatic carbocycles. The molecule has 0 radical (unpaired) electrons. The van der Waals surface area contributed by atoms with Crippen LogP contribution in [0.2, 0.25) is 5.02 Å². The molecule has 1 saturated carbocycles. The highest BCUT2D eigenvalue weighted by Gasteiger charge is 2.31. The first-order valence-electron chi connectivity index (χ1n) is 10.6. The number of ether oxygens (including phenoxy) is 1. The first-order valence-corrected chi connectivity index (χ1v) is 11.0. The maximum Gasteiger partial charge on any atom is 0.213 e. The molecule has 6 nitrogen and oxygen atoms in total. The van der Waals surface area contributed by atoms with Crippen LogP contribution in [-0.4, -0.2) is 37.6 Å². The standard InChI is InChI=1S/C23H25ClN4O2/c24-18-6-9-20-17(13-18)11-15(14-29)12-21-26-27-23(28(20)21)16-4-7-19(8-5-16)30-22-3-1-2-10-25-22/h1-3,6,9-10,13,15-16,19,29H,4-5,7-8,11-12,14H2/t15-,16?,19?/m0/s1. The van der Waals surface area contributed by atoms with Gasteiger partial charge in [0.05, 0.1) is 5.69 Å². The number of halogens is 1. The van der Waals surface area contributed by atoms with E-state index < -0.39 is 0 Å². The van der Waals surface area contributed by atoms with Crippen LogP contribution >= 0.6 is 11.6 Å². The molecular formula is C23H25ClN4O2. The van der Waals surface area contributed by atoms with Gasteiger partial charge < -0.3 is 9.84 Å². The van der Waals surface area contributed by atoms with E-state index in [1.807, 2.05) is 30.3 Å². The molecule has 1 fully saturated rings. The van der Waals surface area contributed by atoms with Gasteiger partial charge in [0, 0.05) is 36.2 Å². The lowest BCUT2D eigenvalue weighted by Gasteiger charge is -2.28. The largest absolute Gasteiger partial charge is 0.474 e. The van der Waals surface area contributed by atoms with E-state index >= 15 is 0 Å². The van der Waals surface area contributed by atoms with Crippen molar-refractivity contribution < 1.29 is 9.84 Å². The van der Waals surface area contributed by atoms with Gasteiger partial charge in [-0.25, -0.2) is 4.98 Å². The van der Waals surface area contributed by atoms with E-state index in [2.05, 4.69) is 25.8 Å². The molecule has 3 heterocycles. The summed E-state index contributed by atoms with van der Waals surface area (Å²) < 4.78 is 8.27. The molecule has 0 amide bonds. The molecule has 1 N–H and O–H groups in total. The van der Waals surface area contributed by atoms with Crippen molar-refractivity contribution in [2.45, 2.75) is 50.5 Å². The Bertz CT molecular complexity index is 1020. The number of hydrogen-bond donors (Lipinski definition) is 1. The minimum Gasteiger partial charge on any atom is -0.474 e. The van der Waals surface area contributed by atoms with E-state index in [-0.39, 0.29) is 18.6 Å². The summed E-state index contributed by atoms with van der Waals surface area (Å²) in [5.41, 5.74) is 2.24. The summed E-state index contributed by atoms with van der Waals surface area (Å²) in [5, 5.41) is 19.7. The van der Waals surface area contributed by atoms with E-state index in [9.17, 15) is 5.11 Å². The number of rotatable bonds is 4. The zero-order valence-electron chi connectivity index (χ0n) is 16.7. The number of hydrogen-bond acceptors (Lipinski definition) is 5. The minimum absolute atomic E-state index is 0.128. The third-order valence-electron chi connectivity index (χ3n) is 6.24. The van der Waals surface area contributed by atoms with Crippen LogP contribution in [0.15, 0.2) is 42.6 Å². The lowest BCUT2D eigenvalue weighted by atomic mass is 9.86. The van der Waals surface area contributed by atoms with Crippen molar-refractivity contribution >= 4 is 11.6 Å². The average molecular weight is 425 g/mol. The third-order valence-corrected chi connectivity index (χ3v) is 6.48. The van der Waals surface area contributed by atoms with Gasteiger partial charge in [-0.05, 0) is 67.9 Å². The molecule has 2 aliphatic rings. The summed E-state index contributed by atoms with van der Waals surface area (Å²) in [6.07, 6.45) is 7.40. The van der Waals surface area contributed by atoms with Gasteiger partial charge in [-0.2, -0.15) is 0 Å². The lowest BCUT2D eigenvalue weighted by molar-refractivity contribution is 0.139. The van der Waals surface area contributed by atoms with Gasteiger partial charge in [0.15, 0.2) is 0 Å². The summed E-state index contributed by atoms with van der Waals surface area (Å²) in [7, 11) is 0. The molecule has 1 aromatic carbocycles. The molecule has 0 saturated heterocycles. The SMILES string of the molecule is OC[C@H]1Cc2cc(Cl)ccc2-n2c(nnc2C2CCC(Oc3ccccn3)CC2)C1. The van der Waals surface area contributed by atoms with Gasteiger partial charge in [0.1, 0.15) is 17.8 Å². The van der Waals surface area contributed by atoms with E-state index in [1.165, 1.54) is 0 Å². The van der Waals surface area contributed by atoms with Gasteiger partial charge in [0.2, 0.25) is 5.88 Å². The molecule has 5 rings (SSSR count). The minimum atomic E-state index is 0.128. The number of aromatic nitrogens is 4. The average Bonchev–Trinajstić information content (AvgIpc) is 3.11.